The first-order valence-electron chi connectivity index (χ1n) is 6.29. The van der Waals surface area contributed by atoms with Crippen molar-refractivity contribution in [2.24, 2.45) is 11.1 Å². The third kappa shape index (κ3) is 3.80. The molecule has 2 N–H and O–H groups in total. The van der Waals surface area contributed by atoms with Gasteiger partial charge < -0.3 is 4.74 Å². The molecule has 1 aliphatic carbocycles. The molecule has 0 aliphatic heterocycles. The molecule has 20 heavy (non-hydrogen) atoms. The molecule has 0 saturated heterocycles. The number of hydrogen-bond acceptors (Lipinski definition) is 4. The zero-order chi connectivity index (χ0) is 14.9. The fourth-order valence-electron chi connectivity index (χ4n) is 1.83. The molecule has 2 rings (SSSR count). The number of carbonyl (C=O) groups excluding carboxylic acids is 1. The molecule has 0 unspecified atom stereocenters. The maximum absolute atomic E-state index is 12.0. The van der Waals surface area contributed by atoms with Gasteiger partial charge in [-0.2, -0.15) is 0 Å². The fourth-order valence-corrected chi connectivity index (χ4v) is 3.01. The largest absolute Gasteiger partial charge is 0.462 e. The summed E-state index contributed by atoms with van der Waals surface area (Å²) in [6, 6.07) is 2.64. The predicted octanol–water partition coefficient (Wildman–Crippen LogP) is 2.36. The summed E-state index contributed by atoms with van der Waals surface area (Å²) in [5.74, 6) is 0.153. The van der Waals surface area contributed by atoms with Crippen molar-refractivity contribution in [1.82, 2.24) is 0 Å². The van der Waals surface area contributed by atoms with Crippen LogP contribution >= 0.6 is 15.9 Å². The van der Waals surface area contributed by atoms with Crippen LogP contribution in [0.25, 0.3) is 0 Å². The van der Waals surface area contributed by atoms with Crippen LogP contribution in [0, 0.1) is 12.8 Å². The first-order chi connectivity index (χ1) is 9.29. The van der Waals surface area contributed by atoms with Gasteiger partial charge in [-0.05, 0) is 37.0 Å². The van der Waals surface area contributed by atoms with Crippen molar-refractivity contribution < 1.29 is 17.9 Å². The molecule has 1 aliphatic rings. The summed E-state index contributed by atoms with van der Waals surface area (Å²) >= 11 is 3.23. The van der Waals surface area contributed by atoms with E-state index >= 15 is 0 Å². The highest BCUT2D eigenvalue weighted by Gasteiger charge is 2.22. The molecular weight excluding hydrogens is 346 g/mol. The first-order valence-corrected chi connectivity index (χ1v) is 8.63. The third-order valence-electron chi connectivity index (χ3n) is 3.32. The highest BCUT2D eigenvalue weighted by atomic mass is 79.9. The van der Waals surface area contributed by atoms with E-state index < -0.39 is 16.0 Å². The highest BCUT2D eigenvalue weighted by molar-refractivity contribution is 9.10. The molecule has 1 saturated carbocycles. The average molecular weight is 362 g/mol. The summed E-state index contributed by atoms with van der Waals surface area (Å²) < 4.78 is 28.5. The fraction of sp³-hybridized carbons (Fsp3) is 0.462. The lowest BCUT2D eigenvalue weighted by Gasteiger charge is -2.10. The maximum atomic E-state index is 12.0. The van der Waals surface area contributed by atoms with Crippen LogP contribution in [-0.2, 0) is 14.8 Å². The molecule has 0 amide bonds. The van der Waals surface area contributed by atoms with Crippen molar-refractivity contribution in [3.63, 3.8) is 0 Å². The third-order valence-corrected chi connectivity index (χ3v) is 5.04. The number of rotatable bonds is 5. The number of halogens is 1. The standard InChI is InChI=1S/C13H16BrNO4S/c1-8-11(13(16)19-5-4-9-2-3-9)6-10(7-12(8)14)20(15,17)18/h6-7,9H,2-5H2,1H3,(H2,15,17,18). The molecule has 110 valence electrons. The summed E-state index contributed by atoms with van der Waals surface area (Å²) in [5, 5.41) is 5.09. The lowest BCUT2D eigenvalue weighted by molar-refractivity contribution is 0.0493. The molecule has 1 aromatic rings. The van der Waals surface area contributed by atoms with Gasteiger partial charge in [0.2, 0.25) is 10.0 Å². The Labute approximate surface area is 126 Å². The molecule has 1 fully saturated rings. The van der Waals surface area contributed by atoms with E-state index in [4.69, 9.17) is 9.88 Å². The molecule has 0 radical (unpaired) electrons. The van der Waals surface area contributed by atoms with Crippen LogP contribution in [0.15, 0.2) is 21.5 Å². The molecule has 0 spiro atoms. The quantitative estimate of drug-likeness (QED) is 0.815. The van der Waals surface area contributed by atoms with Gasteiger partial charge in [-0.25, -0.2) is 18.4 Å². The van der Waals surface area contributed by atoms with Gasteiger partial charge in [0.1, 0.15) is 0 Å². The van der Waals surface area contributed by atoms with E-state index in [1.165, 1.54) is 25.0 Å². The second-order valence-corrected chi connectivity index (χ2v) is 7.41. The van der Waals surface area contributed by atoms with Crippen LogP contribution in [-0.4, -0.2) is 21.0 Å². The van der Waals surface area contributed by atoms with Gasteiger partial charge in [0.05, 0.1) is 17.1 Å². The normalized spacial score (nSPS) is 15.2. The molecule has 7 heteroatoms. The number of esters is 1. The minimum atomic E-state index is -3.86. The Morgan fingerprint density at radius 1 is 1.45 bits per heavy atom. The Morgan fingerprint density at radius 2 is 2.10 bits per heavy atom. The van der Waals surface area contributed by atoms with Crippen molar-refractivity contribution in [3.05, 3.63) is 27.7 Å². The van der Waals surface area contributed by atoms with Crippen LogP contribution in [0.5, 0.6) is 0 Å². The van der Waals surface area contributed by atoms with Gasteiger partial charge in [-0.15, -0.1) is 0 Å². The zero-order valence-corrected chi connectivity index (χ0v) is 13.5. The van der Waals surface area contributed by atoms with Gasteiger partial charge in [-0.1, -0.05) is 28.8 Å². The van der Waals surface area contributed by atoms with E-state index in [1.807, 2.05) is 0 Å². The van der Waals surface area contributed by atoms with Gasteiger partial charge in [0.15, 0.2) is 0 Å². The van der Waals surface area contributed by atoms with Crippen LogP contribution in [0.1, 0.15) is 35.2 Å². The molecule has 0 aromatic heterocycles. The topological polar surface area (TPSA) is 86.5 Å². The number of benzene rings is 1. The van der Waals surface area contributed by atoms with E-state index in [9.17, 15) is 13.2 Å². The number of primary sulfonamides is 1. The van der Waals surface area contributed by atoms with Crippen molar-refractivity contribution in [2.75, 3.05) is 6.61 Å². The summed E-state index contributed by atoms with van der Waals surface area (Å²) in [6.07, 6.45) is 3.26. The Balaban J connectivity index is 2.20. The molecule has 0 bridgehead atoms. The Hall–Kier alpha value is -0.920. The summed E-state index contributed by atoms with van der Waals surface area (Å²) in [4.78, 5) is 11.9. The molecule has 1 aromatic carbocycles. The Morgan fingerprint density at radius 3 is 2.65 bits per heavy atom. The maximum Gasteiger partial charge on any atom is 0.338 e. The monoisotopic (exact) mass is 361 g/mol. The second kappa shape index (κ2) is 5.83. The van der Waals surface area contributed by atoms with Crippen LogP contribution in [0.4, 0.5) is 0 Å². The summed E-state index contributed by atoms with van der Waals surface area (Å²) in [5.41, 5.74) is 0.855. The first kappa shape index (κ1) is 15.5. The number of hydrogen-bond donors (Lipinski definition) is 1. The van der Waals surface area contributed by atoms with Gasteiger partial charge in [-0.3, -0.25) is 0 Å². The van der Waals surface area contributed by atoms with E-state index in [0.29, 0.717) is 22.6 Å². The van der Waals surface area contributed by atoms with Gasteiger partial charge >= 0.3 is 5.97 Å². The number of ether oxygens (including phenoxy) is 1. The predicted molar refractivity (Wildman–Crippen MR) is 77.9 cm³/mol. The minimum absolute atomic E-state index is 0.107. The number of sulfonamides is 1. The van der Waals surface area contributed by atoms with Crippen molar-refractivity contribution in [3.8, 4) is 0 Å². The second-order valence-electron chi connectivity index (χ2n) is 4.99. The zero-order valence-electron chi connectivity index (χ0n) is 11.1. The van der Waals surface area contributed by atoms with Crippen molar-refractivity contribution in [1.29, 1.82) is 0 Å². The average Bonchev–Trinajstić information content (AvgIpc) is 3.15. The van der Waals surface area contributed by atoms with Crippen LogP contribution in [0.2, 0.25) is 0 Å². The molecule has 0 atom stereocenters. The summed E-state index contributed by atoms with van der Waals surface area (Å²) in [7, 11) is -3.86. The summed E-state index contributed by atoms with van der Waals surface area (Å²) in [6.45, 7) is 2.08. The Bertz CT molecular complexity index is 638. The minimum Gasteiger partial charge on any atom is -0.462 e. The molecule has 0 heterocycles. The van der Waals surface area contributed by atoms with Crippen LogP contribution in [0.3, 0.4) is 0 Å². The highest BCUT2D eigenvalue weighted by Crippen LogP contribution is 2.32. The Kier molecular flexibility index (Phi) is 4.51. The SMILES string of the molecule is Cc1c(Br)cc(S(N)(=O)=O)cc1C(=O)OCCC1CC1. The van der Waals surface area contributed by atoms with E-state index in [2.05, 4.69) is 15.9 Å². The van der Waals surface area contributed by atoms with Gasteiger partial charge in [0.25, 0.3) is 0 Å². The van der Waals surface area contributed by atoms with E-state index in [0.717, 1.165) is 6.42 Å². The number of nitrogens with two attached hydrogens (primary N) is 1. The van der Waals surface area contributed by atoms with E-state index in [1.54, 1.807) is 6.92 Å². The van der Waals surface area contributed by atoms with E-state index in [-0.39, 0.29) is 10.5 Å². The molecular formula is C13H16BrNO4S. The molecule has 5 nitrogen and oxygen atoms in total. The van der Waals surface area contributed by atoms with Gasteiger partial charge in [0, 0.05) is 4.47 Å². The van der Waals surface area contributed by atoms with Crippen molar-refractivity contribution in [2.45, 2.75) is 31.1 Å². The smallest absolute Gasteiger partial charge is 0.338 e. The van der Waals surface area contributed by atoms with Crippen LogP contribution < -0.4 is 5.14 Å². The van der Waals surface area contributed by atoms with Crippen molar-refractivity contribution >= 4 is 31.9 Å². The number of carbonyl (C=O) groups is 1. The lowest BCUT2D eigenvalue weighted by Crippen LogP contribution is -2.15. The lowest BCUT2D eigenvalue weighted by atomic mass is 10.1.